The molecule has 1 aromatic heterocycles. The Hall–Kier alpha value is -0.250. The predicted octanol–water partition coefficient (Wildman–Crippen LogP) is 2.53. The number of pyridine rings is 1. The molecule has 0 aromatic carbocycles. The van der Waals surface area contributed by atoms with Crippen molar-refractivity contribution in [2.24, 2.45) is 0 Å². The summed E-state index contributed by atoms with van der Waals surface area (Å²) in [6, 6.07) is 1.88. The van der Waals surface area contributed by atoms with Gasteiger partial charge in [0.15, 0.2) is 0 Å². The average Bonchev–Trinajstić information content (AvgIpc) is 2.74. The molecule has 1 aliphatic heterocycles. The van der Waals surface area contributed by atoms with Gasteiger partial charge in [0.05, 0.1) is 11.1 Å². The highest BCUT2D eigenvalue weighted by atomic mass is 35.5. The zero-order chi connectivity index (χ0) is 10.7. The quantitative estimate of drug-likeness (QED) is 0.886. The van der Waals surface area contributed by atoms with Crippen molar-refractivity contribution < 1.29 is 5.11 Å². The first-order valence-corrected chi connectivity index (χ1v) is 6.58. The topological polar surface area (TPSA) is 33.1 Å². The number of aliphatic hydroxyl groups is 1. The Morgan fingerprint density at radius 3 is 3.20 bits per heavy atom. The Labute approximate surface area is 99.1 Å². The number of hydrogen-bond acceptors (Lipinski definition) is 3. The maximum absolute atomic E-state index is 10.0. The van der Waals surface area contributed by atoms with Crippen LogP contribution >= 0.6 is 23.4 Å². The van der Waals surface area contributed by atoms with E-state index in [2.05, 4.69) is 4.98 Å². The molecular formula is C11H14ClNOS. The van der Waals surface area contributed by atoms with Crippen molar-refractivity contribution in [2.45, 2.75) is 30.6 Å². The molecule has 2 rings (SSSR count). The zero-order valence-electron chi connectivity index (χ0n) is 8.40. The molecule has 1 N–H and O–H groups in total. The Morgan fingerprint density at radius 2 is 2.53 bits per heavy atom. The van der Waals surface area contributed by atoms with E-state index in [-0.39, 0.29) is 6.10 Å². The summed E-state index contributed by atoms with van der Waals surface area (Å²) in [5.74, 6) is 1.17. The molecule has 0 amide bonds. The van der Waals surface area contributed by atoms with Gasteiger partial charge >= 0.3 is 0 Å². The minimum atomic E-state index is -0.280. The van der Waals surface area contributed by atoms with Gasteiger partial charge in [-0.3, -0.25) is 4.98 Å². The number of nitrogens with zero attached hydrogens (tertiary/aromatic N) is 1. The maximum atomic E-state index is 10.0. The van der Waals surface area contributed by atoms with Gasteiger partial charge in [0.1, 0.15) is 0 Å². The summed E-state index contributed by atoms with van der Waals surface area (Å²) in [5.41, 5.74) is 0.992. The van der Waals surface area contributed by atoms with Crippen LogP contribution in [0.5, 0.6) is 0 Å². The molecule has 0 bridgehead atoms. The van der Waals surface area contributed by atoms with Crippen LogP contribution < -0.4 is 0 Å². The van der Waals surface area contributed by atoms with Crippen LogP contribution in [0.3, 0.4) is 0 Å². The molecule has 1 aromatic rings. The monoisotopic (exact) mass is 243 g/mol. The van der Waals surface area contributed by atoms with Crippen LogP contribution in [0.2, 0.25) is 5.02 Å². The predicted molar refractivity (Wildman–Crippen MR) is 64.4 cm³/mol. The van der Waals surface area contributed by atoms with Gasteiger partial charge in [-0.25, -0.2) is 0 Å². The van der Waals surface area contributed by atoms with E-state index in [0.29, 0.717) is 16.7 Å². The highest BCUT2D eigenvalue weighted by Gasteiger charge is 2.24. The fraction of sp³-hybridized carbons (Fsp3) is 0.545. The summed E-state index contributed by atoms with van der Waals surface area (Å²) in [5, 5.41) is 11.1. The lowest BCUT2D eigenvalue weighted by molar-refractivity contribution is 0.170. The molecule has 0 aliphatic carbocycles. The van der Waals surface area contributed by atoms with Crippen LogP contribution in [-0.4, -0.2) is 27.2 Å². The molecule has 2 nitrogen and oxygen atoms in total. The minimum Gasteiger partial charge on any atom is -0.392 e. The number of hydrogen-bond donors (Lipinski definition) is 1. The lowest BCUT2D eigenvalue weighted by Crippen LogP contribution is -2.23. The van der Waals surface area contributed by atoms with Gasteiger partial charge in [-0.05, 0) is 30.2 Å². The van der Waals surface area contributed by atoms with Crippen LogP contribution in [0.4, 0.5) is 0 Å². The molecule has 4 heteroatoms. The summed E-state index contributed by atoms with van der Waals surface area (Å²) in [6.45, 7) is 0. The van der Waals surface area contributed by atoms with E-state index < -0.39 is 0 Å². The Balaban J connectivity index is 1.99. The molecule has 15 heavy (non-hydrogen) atoms. The molecular weight excluding hydrogens is 230 g/mol. The SMILES string of the molecule is OC(Cc1ccncc1Cl)C1CCCS1. The Bertz CT molecular complexity index is 328. The van der Waals surface area contributed by atoms with E-state index in [1.165, 1.54) is 12.2 Å². The van der Waals surface area contributed by atoms with Gasteiger partial charge in [-0.15, -0.1) is 0 Å². The molecule has 2 atom stereocenters. The van der Waals surface area contributed by atoms with E-state index in [1.54, 1.807) is 12.4 Å². The highest BCUT2D eigenvalue weighted by Crippen LogP contribution is 2.30. The molecule has 1 saturated heterocycles. The van der Waals surface area contributed by atoms with Gasteiger partial charge in [0.2, 0.25) is 0 Å². The summed E-state index contributed by atoms with van der Waals surface area (Å²) in [6.07, 6.45) is 6.04. The summed E-state index contributed by atoms with van der Waals surface area (Å²) in [4.78, 5) is 3.93. The number of thioether (sulfide) groups is 1. The first-order chi connectivity index (χ1) is 7.27. The molecule has 1 fully saturated rings. The molecule has 0 radical (unpaired) electrons. The van der Waals surface area contributed by atoms with E-state index in [4.69, 9.17) is 11.6 Å². The minimum absolute atomic E-state index is 0.280. The second-order valence-electron chi connectivity index (χ2n) is 3.79. The second kappa shape index (κ2) is 5.19. The summed E-state index contributed by atoms with van der Waals surface area (Å²) in [7, 11) is 0. The third-order valence-corrected chi connectivity index (χ3v) is 4.52. The van der Waals surface area contributed by atoms with Gasteiger partial charge in [0.25, 0.3) is 0 Å². The van der Waals surface area contributed by atoms with E-state index >= 15 is 0 Å². The number of halogens is 1. The Morgan fingerprint density at radius 1 is 1.67 bits per heavy atom. The van der Waals surface area contributed by atoms with Crippen molar-refractivity contribution in [2.75, 3.05) is 5.75 Å². The van der Waals surface area contributed by atoms with Crippen molar-refractivity contribution in [1.29, 1.82) is 0 Å². The van der Waals surface area contributed by atoms with Crippen molar-refractivity contribution in [1.82, 2.24) is 4.98 Å². The maximum Gasteiger partial charge on any atom is 0.0699 e. The second-order valence-corrected chi connectivity index (χ2v) is 5.54. The van der Waals surface area contributed by atoms with E-state index in [1.807, 2.05) is 17.8 Å². The Kier molecular flexibility index (Phi) is 3.89. The van der Waals surface area contributed by atoms with Crippen LogP contribution in [0.15, 0.2) is 18.5 Å². The van der Waals surface area contributed by atoms with Crippen LogP contribution in [-0.2, 0) is 6.42 Å². The van der Waals surface area contributed by atoms with Crippen molar-refractivity contribution in [3.8, 4) is 0 Å². The third kappa shape index (κ3) is 2.86. The van der Waals surface area contributed by atoms with Crippen LogP contribution in [0.1, 0.15) is 18.4 Å². The van der Waals surface area contributed by atoms with Gasteiger partial charge in [-0.1, -0.05) is 11.6 Å². The van der Waals surface area contributed by atoms with Crippen molar-refractivity contribution in [3.63, 3.8) is 0 Å². The average molecular weight is 244 g/mol. The normalized spacial score (nSPS) is 22.9. The fourth-order valence-corrected chi connectivity index (χ4v) is 3.32. The molecule has 2 heterocycles. The lowest BCUT2D eigenvalue weighted by Gasteiger charge is -2.17. The number of aliphatic hydroxyl groups excluding tert-OH is 1. The largest absolute Gasteiger partial charge is 0.392 e. The molecule has 82 valence electrons. The van der Waals surface area contributed by atoms with E-state index in [0.717, 1.165) is 12.0 Å². The van der Waals surface area contributed by atoms with Crippen LogP contribution in [0.25, 0.3) is 0 Å². The number of rotatable bonds is 3. The van der Waals surface area contributed by atoms with Crippen LogP contribution in [0, 0.1) is 0 Å². The summed E-state index contributed by atoms with van der Waals surface area (Å²) >= 11 is 7.86. The van der Waals surface area contributed by atoms with Gasteiger partial charge in [0, 0.05) is 24.1 Å². The first-order valence-electron chi connectivity index (χ1n) is 5.15. The van der Waals surface area contributed by atoms with Crippen molar-refractivity contribution in [3.05, 3.63) is 29.0 Å². The standard InChI is InChI=1S/C11H14ClNOS/c12-9-7-13-4-3-8(9)6-10(14)11-2-1-5-15-11/h3-4,7,10-11,14H,1-2,5-6H2. The highest BCUT2D eigenvalue weighted by molar-refractivity contribution is 8.00. The fourth-order valence-electron chi connectivity index (χ4n) is 1.83. The zero-order valence-corrected chi connectivity index (χ0v) is 9.97. The molecule has 0 saturated carbocycles. The number of aromatic nitrogens is 1. The molecule has 2 unspecified atom stereocenters. The van der Waals surface area contributed by atoms with Gasteiger partial charge < -0.3 is 5.11 Å². The third-order valence-electron chi connectivity index (χ3n) is 2.68. The molecule has 0 spiro atoms. The van der Waals surface area contributed by atoms with Gasteiger partial charge in [-0.2, -0.15) is 11.8 Å². The van der Waals surface area contributed by atoms with E-state index in [9.17, 15) is 5.11 Å². The lowest BCUT2D eigenvalue weighted by atomic mass is 10.0. The summed E-state index contributed by atoms with van der Waals surface area (Å²) < 4.78 is 0. The van der Waals surface area contributed by atoms with Crippen molar-refractivity contribution >= 4 is 23.4 Å². The first kappa shape index (κ1) is 11.2. The molecule has 1 aliphatic rings. The smallest absolute Gasteiger partial charge is 0.0699 e.